The third-order valence-electron chi connectivity index (χ3n) is 4.10. The molecule has 1 saturated heterocycles. The average Bonchev–Trinajstić information content (AvgIpc) is 2.49. The zero-order valence-corrected chi connectivity index (χ0v) is 12.2. The molecule has 0 aromatic rings. The fourth-order valence-electron chi connectivity index (χ4n) is 2.43. The molecule has 0 aliphatic carbocycles. The van der Waals surface area contributed by atoms with E-state index < -0.39 is 0 Å². The highest BCUT2D eigenvalue weighted by atomic mass is 16.2. The third kappa shape index (κ3) is 4.33. The predicted octanol–water partition coefficient (Wildman–Crippen LogP) is 3.21. The van der Waals surface area contributed by atoms with Crippen LogP contribution in [0.25, 0.3) is 0 Å². The Morgan fingerprint density at radius 2 is 2.11 bits per heavy atom. The van der Waals surface area contributed by atoms with Gasteiger partial charge in [-0.15, -0.1) is 0 Å². The van der Waals surface area contributed by atoms with E-state index >= 15 is 0 Å². The Labute approximate surface area is 111 Å². The molecule has 1 aliphatic heterocycles. The second-order valence-corrected chi connectivity index (χ2v) is 6.46. The van der Waals surface area contributed by atoms with Crippen LogP contribution >= 0.6 is 0 Å². The molecule has 102 valence electrons. The highest BCUT2D eigenvalue weighted by Crippen LogP contribution is 2.26. The van der Waals surface area contributed by atoms with E-state index in [1.807, 2.05) is 18.7 Å². The van der Waals surface area contributed by atoms with Crippen LogP contribution in [0.15, 0.2) is 0 Å². The van der Waals surface area contributed by atoms with Crippen molar-refractivity contribution in [3.05, 3.63) is 0 Å². The van der Waals surface area contributed by atoms with Crippen LogP contribution in [0.2, 0.25) is 0 Å². The summed E-state index contributed by atoms with van der Waals surface area (Å²) in [5.41, 5.74) is -0.329. The number of likely N-dealkylation sites (tertiary alicyclic amines) is 1. The number of carbonyl (C=O) groups is 1. The van der Waals surface area contributed by atoms with Gasteiger partial charge in [0, 0.05) is 19.5 Å². The van der Waals surface area contributed by atoms with Crippen LogP contribution in [-0.4, -0.2) is 23.9 Å². The topological polar surface area (TPSA) is 44.1 Å². The van der Waals surface area contributed by atoms with Crippen molar-refractivity contribution in [2.45, 2.75) is 53.4 Å². The van der Waals surface area contributed by atoms with Gasteiger partial charge in [-0.05, 0) is 44.9 Å². The molecule has 0 saturated carbocycles. The van der Waals surface area contributed by atoms with Crippen LogP contribution in [-0.2, 0) is 4.79 Å². The van der Waals surface area contributed by atoms with Gasteiger partial charge in [-0.25, -0.2) is 0 Å². The summed E-state index contributed by atoms with van der Waals surface area (Å²) in [6.45, 7) is 9.94. The van der Waals surface area contributed by atoms with Crippen molar-refractivity contribution in [3.8, 4) is 6.07 Å². The van der Waals surface area contributed by atoms with Gasteiger partial charge in [-0.1, -0.05) is 13.8 Å². The van der Waals surface area contributed by atoms with Crippen molar-refractivity contribution in [1.29, 1.82) is 5.26 Å². The largest absolute Gasteiger partial charge is 0.343 e. The zero-order chi connectivity index (χ0) is 13.8. The second-order valence-electron chi connectivity index (χ2n) is 6.46. The Balaban J connectivity index is 2.52. The fraction of sp³-hybridized carbons (Fsp3) is 0.867. The lowest BCUT2D eigenvalue weighted by Crippen LogP contribution is -2.33. The van der Waals surface area contributed by atoms with Crippen molar-refractivity contribution >= 4 is 5.91 Å². The van der Waals surface area contributed by atoms with Crippen LogP contribution in [0.4, 0.5) is 0 Å². The summed E-state index contributed by atoms with van der Waals surface area (Å²) < 4.78 is 0. The minimum atomic E-state index is -0.329. The van der Waals surface area contributed by atoms with Gasteiger partial charge in [0.2, 0.25) is 5.91 Å². The van der Waals surface area contributed by atoms with E-state index in [1.54, 1.807) is 0 Å². The van der Waals surface area contributed by atoms with Gasteiger partial charge in [0.1, 0.15) is 0 Å². The Bertz CT molecular complexity index is 328. The van der Waals surface area contributed by atoms with E-state index in [0.717, 1.165) is 32.4 Å². The van der Waals surface area contributed by atoms with Gasteiger partial charge in [-0.2, -0.15) is 5.26 Å². The first-order chi connectivity index (χ1) is 8.35. The number of rotatable bonds is 4. The lowest BCUT2D eigenvalue weighted by atomic mass is 9.89. The molecule has 18 heavy (non-hydrogen) atoms. The summed E-state index contributed by atoms with van der Waals surface area (Å²) in [6, 6.07) is 2.30. The number of nitriles is 1. The van der Waals surface area contributed by atoms with E-state index in [9.17, 15) is 4.79 Å². The van der Waals surface area contributed by atoms with Crippen molar-refractivity contribution in [2.24, 2.45) is 17.3 Å². The van der Waals surface area contributed by atoms with Gasteiger partial charge in [0.25, 0.3) is 0 Å². The Hall–Kier alpha value is -1.04. The summed E-state index contributed by atoms with van der Waals surface area (Å²) in [5, 5.41) is 9.01. The fourth-order valence-corrected chi connectivity index (χ4v) is 2.43. The summed E-state index contributed by atoms with van der Waals surface area (Å²) in [4.78, 5) is 14.0. The lowest BCUT2D eigenvalue weighted by Gasteiger charge is -2.25. The third-order valence-corrected chi connectivity index (χ3v) is 4.10. The maximum Gasteiger partial charge on any atom is 0.222 e. The highest BCUT2D eigenvalue weighted by Gasteiger charge is 2.26. The van der Waals surface area contributed by atoms with Crippen molar-refractivity contribution in [2.75, 3.05) is 13.1 Å². The zero-order valence-electron chi connectivity index (χ0n) is 12.2. The highest BCUT2D eigenvalue weighted by molar-refractivity contribution is 5.76. The molecule has 3 nitrogen and oxygen atoms in total. The SMILES string of the molecule is CC(C)C1CCC(=O)N(CCC(C)(C)C#N)CC1. The van der Waals surface area contributed by atoms with E-state index in [-0.39, 0.29) is 11.3 Å². The Morgan fingerprint density at radius 3 is 2.67 bits per heavy atom. The van der Waals surface area contributed by atoms with Crippen LogP contribution in [0.1, 0.15) is 53.4 Å². The van der Waals surface area contributed by atoms with Gasteiger partial charge in [0.15, 0.2) is 0 Å². The molecule has 1 rings (SSSR count). The van der Waals surface area contributed by atoms with Crippen molar-refractivity contribution in [3.63, 3.8) is 0 Å². The van der Waals surface area contributed by atoms with Gasteiger partial charge < -0.3 is 4.90 Å². The van der Waals surface area contributed by atoms with E-state index in [4.69, 9.17) is 5.26 Å². The minimum absolute atomic E-state index is 0.270. The molecule has 1 fully saturated rings. The van der Waals surface area contributed by atoms with E-state index in [1.165, 1.54) is 0 Å². The molecule has 0 N–H and O–H groups in total. The van der Waals surface area contributed by atoms with Crippen LogP contribution in [0.3, 0.4) is 0 Å². The molecular weight excluding hydrogens is 224 g/mol. The second kappa shape index (κ2) is 6.22. The quantitative estimate of drug-likeness (QED) is 0.769. The average molecular weight is 250 g/mol. The maximum absolute atomic E-state index is 12.0. The molecule has 0 spiro atoms. The molecule has 3 heteroatoms. The first kappa shape index (κ1) is 15.0. The Morgan fingerprint density at radius 1 is 1.44 bits per heavy atom. The predicted molar refractivity (Wildman–Crippen MR) is 72.8 cm³/mol. The molecule has 0 aromatic heterocycles. The Kier molecular flexibility index (Phi) is 5.19. The summed E-state index contributed by atoms with van der Waals surface area (Å²) in [6.07, 6.45) is 3.57. The van der Waals surface area contributed by atoms with Crippen molar-refractivity contribution in [1.82, 2.24) is 4.90 Å². The molecule has 0 bridgehead atoms. The normalized spacial score (nSPS) is 21.9. The first-order valence-electron chi connectivity index (χ1n) is 7.05. The summed E-state index contributed by atoms with van der Waals surface area (Å²) in [5.74, 6) is 1.60. The lowest BCUT2D eigenvalue weighted by molar-refractivity contribution is -0.130. The first-order valence-corrected chi connectivity index (χ1v) is 7.05. The van der Waals surface area contributed by atoms with Gasteiger partial charge in [0.05, 0.1) is 11.5 Å². The van der Waals surface area contributed by atoms with Crippen LogP contribution in [0, 0.1) is 28.6 Å². The summed E-state index contributed by atoms with van der Waals surface area (Å²) >= 11 is 0. The molecule has 1 aliphatic rings. The minimum Gasteiger partial charge on any atom is -0.343 e. The molecule has 1 atom stereocenters. The van der Waals surface area contributed by atoms with Crippen LogP contribution < -0.4 is 0 Å². The molecular formula is C15H26N2O. The molecule has 0 radical (unpaired) electrons. The smallest absolute Gasteiger partial charge is 0.222 e. The number of hydrogen-bond donors (Lipinski definition) is 0. The number of amides is 1. The molecule has 0 aromatic carbocycles. The standard InChI is InChI=1S/C15H26N2O/c1-12(2)13-5-6-14(18)17(9-7-13)10-8-15(3,4)11-16/h12-13H,5-10H2,1-4H3. The van der Waals surface area contributed by atoms with Gasteiger partial charge in [-0.3, -0.25) is 4.79 Å². The number of carbonyl (C=O) groups excluding carboxylic acids is 1. The van der Waals surface area contributed by atoms with Crippen LogP contribution in [0.5, 0.6) is 0 Å². The number of hydrogen-bond acceptors (Lipinski definition) is 2. The van der Waals surface area contributed by atoms with E-state index in [2.05, 4.69) is 19.9 Å². The summed E-state index contributed by atoms with van der Waals surface area (Å²) in [7, 11) is 0. The molecule has 1 unspecified atom stereocenters. The van der Waals surface area contributed by atoms with Gasteiger partial charge >= 0.3 is 0 Å². The van der Waals surface area contributed by atoms with Crippen molar-refractivity contribution < 1.29 is 4.79 Å². The molecule has 1 amide bonds. The van der Waals surface area contributed by atoms with E-state index in [0.29, 0.717) is 18.3 Å². The maximum atomic E-state index is 12.0. The number of nitrogens with zero attached hydrogens (tertiary/aromatic N) is 2. The monoisotopic (exact) mass is 250 g/mol. The molecule has 1 heterocycles.